The van der Waals surface area contributed by atoms with Gasteiger partial charge in [-0.2, -0.15) is 10.1 Å². The molecule has 1 spiro atoms. The number of ether oxygens (including phenoxy) is 1. The first kappa shape index (κ1) is 27.2. The van der Waals surface area contributed by atoms with Gasteiger partial charge in [-0.05, 0) is 37.6 Å². The molecule has 0 aliphatic carbocycles. The lowest BCUT2D eigenvalue weighted by molar-refractivity contribution is -0.135. The number of carboxylic acid groups (broad SMARTS) is 2. The zero-order valence-electron chi connectivity index (χ0n) is 19.6. The van der Waals surface area contributed by atoms with E-state index in [2.05, 4.69) is 32.1 Å². The Morgan fingerprint density at radius 1 is 1.21 bits per heavy atom. The Hall–Kier alpha value is -3.03. The molecule has 2 aromatic heterocycles. The van der Waals surface area contributed by atoms with Crippen LogP contribution < -0.4 is 16.0 Å². The van der Waals surface area contributed by atoms with Crippen molar-refractivity contribution in [1.29, 1.82) is 0 Å². The molecule has 0 radical (unpaired) electrons. The molecule has 34 heavy (non-hydrogen) atoms. The molecule has 188 valence electrons. The molecule has 4 rings (SSSR count). The van der Waals surface area contributed by atoms with E-state index in [9.17, 15) is 4.79 Å². The van der Waals surface area contributed by atoms with Crippen LogP contribution >= 0.6 is 11.3 Å². The van der Waals surface area contributed by atoms with Crippen molar-refractivity contribution >= 4 is 35.1 Å². The molecule has 4 heterocycles. The largest absolute Gasteiger partial charge is 0.481 e. The van der Waals surface area contributed by atoms with Gasteiger partial charge in [0.2, 0.25) is 5.95 Å². The number of fused-ring (bicyclic) bond motifs is 2. The average Bonchev–Trinajstić information content (AvgIpc) is 3.38. The van der Waals surface area contributed by atoms with Crippen LogP contribution in [0.5, 0.6) is 0 Å². The molecule has 5 N–H and O–H groups in total. The van der Waals surface area contributed by atoms with E-state index >= 15 is 0 Å². The normalized spacial score (nSPS) is 15.6. The van der Waals surface area contributed by atoms with Gasteiger partial charge in [0.15, 0.2) is 0 Å². The van der Waals surface area contributed by atoms with Crippen LogP contribution in [-0.2, 0) is 33.4 Å². The highest BCUT2D eigenvalue weighted by molar-refractivity contribution is 7.14. The average molecular weight is 497 g/mol. The molecular formula is C21H32N6O6S. The summed E-state index contributed by atoms with van der Waals surface area (Å²) in [7, 11) is 1.82. The molecule has 13 heteroatoms. The monoisotopic (exact) mass is 496 g/mol. The molecular weight excluding hydrogens is 464 g/mol. The van der Waals surface area contributed by atoms with E-state index in [1.54, 1.807) is 16.0 Å². The van der Waals surface area contributed by atoms with Gasteiger partial charge in [-0.1, -0.05) is 0 Å². The number of aromatic nitrogens is 3. The number of hydrogen-bond donors (Lipinski definition) is 5. The van der Waals surface area contributed by atoms with E-state index in [-0.39, 0.29) is 11.5 Å². The van der Waals surface area contributed by atoms with Crippen LogP contribution in [-0.4, -0.2) is 75.6 Å². The number of carbonyl (C=O) groups excluding carboxylic acids is 1. The summed E-state index contributed by atoms with van der Waals surface area (Å²) in [6, 6.07) is 2.05. The van der Waals surface area contributed by atoms with Crippen molar-refractivity contribution in [3.63, 3.8) is 0 Å². The number of amides is 1. The van der Waals surface area contributed by atoms with E-state index in [1.165, 1.54) is 16.8 Å². The van der Waals surface area contributed by atoms with E-state index in [1.807, 2.05) is 7.05 Å². The fourth-order valence-corrected chi connectivity index (χ4v) is 4.81. The molecule has 2 aliphatic heterocycles. The highest BCUT2D eigenvalue weighted by atomic mass is 32.1. The van der Waals surface area contributed by atoms with E-state index < -0.39 is 11.9 Å². The molecule has 1 fully saturated rings. The Morgan fingerprint density at radius 3 is 2.44 bits per heavy atom. The van der Waals surface area contributed by atoms with Gasteiger partial charge < -0.3 is 30.9 Å². The van der Waals surface area contributed by atoms with Crippen LogP contribution in [0.25, 0.3) is 0 Å². The molecule has 0 aromatic carbocycles. The van der Waals surface area contributed by atoms with Gasteiger partial charge in [-0.3, -0.25) is 14.4 Å². The van der Waals surface area contributed by atoms with Crippen molar-refractivity contribution in [3.8, 4) is 0 Å². The Balaban J connectivity index is 0.000000446. The standard InChI is InChI=1S/C17H24N6O2S.2C2H4O2/c1-23-16(21-11-22-23)20-8-7-19-15(24)14-10-12-13(26-14)2-9-25-17(12)3-5-18-6-4-17;2*1-2(3)4/h10-11,18H,2-9H2,1H3,(H,19,24)(H,20,21,22);2*1H3,(H,3,4). The van der Waals surface area contributed by atoms with Crippen molar-refractivity contribution in [2.45, 2.75) is 38.7 Å². The van der Waals surface area contributed by atoms with Crippen LogP contribution in [0.2, 0.25) is 0 Å². The maximum absolute atomic E-state index is 12.5. The second-order valence-electron chi connectivity index (χ2n) is 7.72. The number of hydrogen-bond acceptors (Lipinski definition) is 9. The van der Waals surface area contributed by atoms with Crippen LogP contribution in [0, 0.1) is 0 Å². The first-order valence-electron chi connectivity index (χ1n) is 10.9. The molecule has 0 bridgehead atoms. The minimum absolute atomic E-state index is 0.0201. The van der Waals surface area contributed by atoms with Gasteiger partial charge in [0.05, 0.1) is 17.1 Å². The van der Waals surface area contributed by atoms with Gasteiger partial charge in [-0.15, -0.1) is 11.3 Å². The van der Waals surface area contributed by atoms with Gasteiger partial charge in [0, 0.05) is 45.3 Å². The molecule has 12 nitrogen and oxygen atoms in total. The number of carbonyl (C=O) groups is 3. The van der Waals surface area contributed by atoms with E-state index in [4.69, 9.17) is 24.5 Å². The van der Waals surface area contributed by atoms with Crippen molar-refractivity contribution in [2.24, 2.45) is 7.05 Å². The number of anilines is 1. The summed E-state index contributed by atoms with van der Waals surface area (Å²) < 4.78 is 7.85. The molecule has 0 saturated carbocycles. The highest BCUT2D eigenvalue weighted by Gasteiger charge is 2.40. The van der Waals surface area contributed by atoms with Gasteiger partial charge in [0.1, 0.15) is 6.33 Å². The topological polar surface area (TPSA) is 168 Å². The lowest BCUT2D eigenvalue weighted by atomic mass is 9.83. The fourth-order valence-electron chi connectivity index (χ4n) is 3.67. The third-order valence-corrected chi connectivity index (χ3v) is 6.24. The smallest absolute Gasteiger partial charge is 0.300 e. The zero-order valence-corrected chi connectivity index (χ0v) is 20.4. The minimum atomic E-state index is -0.833. The van der Waals surface area contributed by atoms with Crippen LogP contribution in [0.3, 0.4) is 0 Å². The third kappa shape index (κ3) is 8.08. The lowest BCUT2D eigenvalue weighted by Gasteiger charge is -2.40. The number of aliphatic carboxylic acids is 2. The molecule has 0 atom stereocenters. The van der Waals surface area contributed by atoms with Crippen LogP contribution in [0.1, 0.15) is 46.8 Å². The number of thiophene rings is 1. The SMILES string of the molecule is CC(=O)O.CC(=O)O.Cn1ncnc1NCCNC(=O)c1cc2c(s1)CCOC21CCNCC1. The predicted octanol–water partition coefficient (Wildman–Crippen LogP) is 1.05. The summed E-state index contributed by atoms with van der Waals surface area (Å²) in [5.74, 6) is -0.996. The first-order chi connectivity index (χ1) is 16.1. The van der Waals surface area contributed by atoms with E-state index in [0.29, 0.717) is 19.0 Å². The second kappa shape index (κ2) is 13.0. The van der Waals surface area contributed by atoms with Gasteiger partial charge in [-0.25, -0.2) is 4.68 Å². The van der Waals surface area contributed by atoms with Crippen molar-refractivity contribution in [2.75, 3.05) is 38.1 Å². The first-order valence-corrected chi connectivity index (χ1v) is 11.7. The Morgan fingerprint density at radius 2 is 1.85 bits per heavy atom. The van der Waals surface area contributed by atoms with Crippen molar-refractivity contribution in [3.05, 3.63) is 27.7 Å². The Labute approximate surface area is 201 Å². The van der Waals surface area contributed by atoms with Gasteiger partial charge in [0.25, 0.3) is 17.8 Å². The van der Waals surface area contributed by atoms with Crippen molar-refractivity contribution < 1.29 is 29.3 Å². The summed E-state index contributed by atoms with van der Waals surface area (Å²) >= 11 is 1.61. The summed E-state index contributed by atoms with van der Waals surface area (Å²) in [6.07, 6.45) is 4.34. The van der Waals surface area contributed by atoms with Gasteiger partial charge >= 0.3 is 0 Å². The molecule has 0 unspecified atom stereocenters. The zero-order chi connectivity index (χ0) is 25.1. The summed E-state index contributed by atoms with van der Waals surface area (Å²) in [4.78, 5) is 36.7. The summed E-state index contributed by atoms with van der Waals surface area (Å²) in [5, 5.41) is 28.3. The number of nitrogens with one attached hydrogen (secondary N) is 3. The number of rotatable bonds is 5. The van der Waals surface area contributed by atoms with Crippen LogP contribution in [0.15, 0.2) is 12.4 Å². The number of aryl methyl sites for hydroxylation is 1. The maximum Gasteiger partial charge on any atom is 0.300 e. The quantitative estimate of drug-likeness (QED) is 0.377. The maximum atomic E-state index is 12.5. The fraction of sp³-hybridized carbons (Fsp3) is 0.571. The molecule has 2 aromatic rings. The number of carboxylic acids is 2. The summed E-state index contributed by atoms with van der Waals surface area (Å²) in [5.41, 5.74) is 1.04. The Kier molecular flexibility index (Phi) is 10.4. The second-order valence-corrected chi connectivity index (χ2v) is 8.85. The molecule has 1 amide bonds. The molecule has 2 aliphatic rings. The number of piperidine rings is 1. The lowest BCUT2D eigenvalue weighted by Crippen LogP contribution is -2.44. The van der Waals surface area contributed by atoms with Crippen LogP contribution in [0.4, 0.5) is 5.95 Å². The summed E-state index contributed by atoms with van der Waals surface area (Å²) in [6.45, 7) is 5.97. The van der Waals surface area contributed by atoms with E-state index in [0.717, 1.165) is 57.7 Å². The van der Waals surface area contributed by atoms with Crippen molar-refractivity contribution in [1.82, 2.24) is 25.4 Å². The molecule has 1 saturated heterocycles. The Bertz CT molecular complexity index is 949. The third-order valence-electron chi connectivity index (χ3n) is 5.05. The predicted molar refractivity (Wildman–Crippen MR) is 126 cm³/mol. The minimum Gasteiger partial charge on any atom is -0.481 e. The number of nitrogens with zero attached hydrogens (tertiary/aromatic N) is 3. The highest BCUT2D eigenvalue weighted by Crippen LogP contribution is 2.43.